The molecule has 0 aliphatic heterocycles. The number of aryl methyl sites for hydroxylation is 2. The van der Waals surface area contributed by atoms with Crippen molar-refractivity contribution in [1.82, 2.24) is 9.97 Å². The van der Waals surface area contributed by atoms with Gasteiger partial charge in [0.1, 0.15) is 5.75 Å². The van der Waals surface area contributed by atoms with E-state index < -0.39 is 11.7 Å². The predicted molar refractivity (Wildman–Crippen MR) is 84.9 cm³/mol. The quantitative estimate of drug-likeness (QED) is 0.694. The van der Waals surface area contributed by atoms with Gasteiger partial charge in [0.15, 0.2) is 0 Å². The highest BCUT2D eigenvalue weighted by Crippen LogP contribution is 2.31. The van der Waals surface area contributed by atoms with Crippen LogP contribution in [0.1, 0.15) is 16.7 Å². The second-order valence-corrected chi connectivity index (χ2v) is 5.48. The van der Waals surface area contributed by atoms with E-state index in [1.807, 2.05) is 13.8 Å². The first-order chi connectivity index (χ1) is 11.2. The predicted octanol–water partition coefficient (Wildman–Crippen LogP) is 4.64. The molecule has 0 fully saturated rings. The van der Waals surface area contributed by atoms with Crippen LogP contribution < -0.4 is 10.5 Å². The lowest BCUT2D eigenvalue weighted by Gasteiger charge is -2.10. The lowest BCUT2D eigenvalue weighted by atomic mass is 10.1. The SMILES string of the molecule is Cc1cc(Oc2cnc3cc(C(F)(F)F)ccc3n2)cc(C)c1N. The molecule has 0 aliphatic rings. The van der Waals surface area contributed by atoms with E-state index in [2.05, 4.69) is 9.97 Å². The number of hydrogen-bond acceptors (Lipinski definition) is 4. The Bertz CT molecular complexity index is 900. The molecule has 0 saturated carbocycles. The van der Waals surface area contributed by atoms with Crippen molar-refractivity contribution in [3.8, 4) is 11.6 Å². The summed E-state index contributed by atoms with van der Waals surface area (Å²) in [5, 5.41) is 0. The smallest absolute Gasteiger partial charge is 0.416 e. The molecule has 0 radical (unpaired) electrons. The summed E-state index contributed by atoms with van der Waals surface area (Å²) >= 11 is 0. The molecule has 0 bridgehead atoms. The van der Waals surface area contributed by atoms with Gasteiger partial charge in [0, 0.05) is 5.69 Å². The van der Waals surface area contributed by atoms with Crippen LogP contribution in [0.2, 0.25) is 0 Å². The molecule has 0 amide bonds. The maximum absolute atomic E-state index is 12.7. The van der Waals surface area contributed by atoms with E-state index in [1.54, 1.807) is 12.1 Å². The van der Waals surface area contributed by atoms with Crippen LogP contribution in [0.25, 0.3) is 11.0 Å². The van der Waals surface area contributed by atoms with Gasteiger partial charge in [0.25, 0.3) is 0 Å². The van der Waals surface area contributed by atoms with Crippen LogP contribution in [0.15, 0.2) is 36.5 Å². The standard InChI is InChI=1S/C17H14F3N3O/c1-9-5-12(6-10(2)16(9)21)24-15-8-22-14-7-11(17(18,19)20)3-4-13(14)23-15/h3-8H,21H2,1-2H3. The molecular weight excluding hydrogens is 319 g/mol. The Hall–Kier alpha value is -2.83. The third-order valence-corrected chi connectivity index (χ3v) is 3.64. The highest BCUT2D eigenvalue weighted by Gasteiger charge is 2.30. The van der Waals surface area contributed by atoms with Gasteiger partial charge < -0.3 is 10.5 Å². The largest absolute Gasteiger partial charge is 0.437 e. The highest BCUT2D eigenvalue weighted by atomic mass is 19.4. The van der Waals surface area contributed by atoms with E-state index in [-0.39, 0.29) is 11.4 Å². The molecule has 0 unspecified atom stereocenters. The van der Waals surface area contributed by atoms with Crippen molar-refractivity contribution in [2.24, 2.45) is 0 Å². The second-order valence-electron chi connectivity index (χ2n) is 5.48. The number of nitrogens with zero attached hydrogens (tertiary/aromatic N) is 2. The molecule has 7 heteroatoms. The number of nitrogens with two attached hydrogens (primary N) is 1. The summed E-state index contributed by atoms with van der Waals surface area (Å²) in [6.07, 6.45) is -3.12. The molecule has 3 aromatic rings. The van der Waals surface area contributed by atoms with Crippen LogP contribution in [0.4, 0.5) is 18.9 Å². The van der Waals surface area contributed by atoms with Crippen molar-refractivity contribution in [2.45, 2.75) is 20.0 Å². The molecule has 1 heterocycles. The van der Waals surface area contributed by atoms with Crippen LogP contribution in [-0.2, 0) is 6.18 Å². The average Bonchev–Trinajstić information content (AvgIpc) is 2.51. The minimum atomic E-state index is -4.41. The Labute approximate surface area is 136 Å². The molecule has 0 spiro atoms. The number of nitrogen functional groups attached to an aromatic ring is 1. The minimum absolute atomic E-state index is 0.154. The van der Waals surface area contributed by atoms with Gasteiger partial charge in [0.2, 0.25) is 5.88 Å². The molecule has 3 rings (SSSR count). The number of halogens is 3. The van der Waals surface area contributed by atoms with Crippen LogP contribution in [0.3, 0.4) is 0 Å². The maximum atomic E-state index is 12.7. The van der Waals surface area contributed by atoms with Gasteiger partial charge in [-0.1, -0.05) is 0 Å². The van der Waals surface area contributed by atoms with Crippen molar-refractivity contribution >= 4 is 16.7 Å². The zero-order chi connectivity index (χ0) is 17.5. The van der Waals surface area contributed by atoms with Crippen molar-refractivity contribution in [2.75, 3.05) is 5.73 Å². The number of fused-ring (bicyclic) bond motifs is 1. The zero-order valence-electron chi connectivity index (χ0n) is 13.0. The Balaban J connectivity index is 1.94. The molecule has 2 aromatic carbocycles. The van der Waals surface area contributed by atoms with Crippen LogP contribution in [0, 0.1) is 13.8 Å². The molecule has 24 heavy (non-hydrogen) atoms. The summed E-state index contributed by atoms with van der Waals surface area (Å²) in [6, 6.07) is 6.74. The van der Waals surface area contributed by atoms with Crippen molar-refractivity contribution in [3.05, 3.63) is 53.2 Å². The van der Waals surface area contributed by atoms with Gasteiger partial charge in [-0.3, -0.25) is 0 Å². The molecular formula is C17H14F3N3O. The number of alkyl halides is 3. The molecule has 0 atom stereocenters. The van der Waals surface area contributed by atoms with E-state index in [0.29, 0.717) is 17.0 Å². The Morgan fingerprint density at radius 3 is 2.29 bits per heavy atom. The first-order valence-electron chi connectivity index (χ1n) is 7.12. The summed E-state index contributed by atoms with van der Waals surface area (Å²) < 4.78 is 43.8. The lowest BCUT2D eigenvalue weighted by Crippen LogP contribution is -2.04. The second kappa shape index (κ2) is 5.67. The van der Waals surface area contributed by atoms with Gasteiger partial charge in [0.05, 0.1) is 22.8 Å². The maximum Gasteiger partial charge on any atom is 0.416 e. The zero-order valence-corrected chi connectivity index (χ0v) is 13.0. The van der Waals surface area contributed by atoms with Gasteiger partial charge in [-0.25, -0.2) is 9.97 Å². The number of benzene rings is 2. The average molecular weight is 333 g/mol. The van der Waals surface area contributed by atoms with Gasteiger partial charge in [-0.2, -0.15) is 13.2 Å². The van der Waals surface area contributed by atoms with Crippen LogP contribution in [0.5, 0.6) is 11.6 Å². The summed E-state index contributed by atoms with van der Waals surface area (Å²) in [5.41, 5.74) is 8.03. The molecule has 0 aliphatic carbocycles. The molecule has 124 valence electrons. The van der Waals surface area contributed by atoms with Crippen LogP contribution >= 0.6 is 0 Å². The van der Waals surface area contributed by atoms with Gasteiger partial charge >= 0.3 is 6.18 Å². The summed E-state index contributed by atoms with van der Waals surface area (Å²) in [7, 11) is 0. The highest BCUT2D eigenvalue weighted by molar-refractivity contribution is 5.75. The fourth-order valence-corrected chi connectivity index (χ4v) is 2.33. The molecule has 1 aromatic heterocycles. The van der Waals surface area contributed by atoms with Gasteiger partial charge in [-0.05, 0) is 55.3 Å². The molecule has 4 nitrogen and oxygen atoms in total. The molecule has 2 N–H and O–H groups in total. The van der Waals surface area contributed by atoms with E-state index in [0.717, 1.165) is 23.3 Å². The number of aromatic nitrogens is 2. The Morgan fingerprint density at radius 1 is 1.00 bits per heavy atom. The van der Waals surface area contributed by atoms with Crippen molar-refractivity contribution in [3.63, 3.8) is 0 Å². The van der Waals surface area contributed by atoms with Crippen molar-refractivity contribution in [1.29, 1.82) is 0 Å². The topological polar surface area (TPSA) is 61.0 Å². The van der Waals surface area contributed by atoms with Crippen molar-refractivity contribution < 1.29 is 17.9 Å². The number of hydrogen-bond donors (Lipinski definition) is 1. The summed E-state index contributed by atoms with van der Waals surface area (Å²) in [5.74, 6) is 0.741. The lowest BCUT2D eigenvalue weighted by molar-refractivity contribution is -0.137. The first-order valence-corrected chi connectivity index (χ1v) is 7.12. The van der Waals surface area contributed by atoms with E-state index in [4.69, 9.17) is 10.5 Å². The van der Waals surface area contributed by atoms with E-state index in [9.17, 15) is 13.2 Å². The molecule has 0 saturated heterocycles. The number of anilines is 1. The monoisotopic (exact) mass is 333 g/mol. The van der Waals surface area contributed by atoms with E-state index >= 15 is 0 Å². The Kier molecular flexibility index (Phi) is 3.79. The fraction of sp³-hybridized carbons (Fsp3) is 0.176. The summed E-state index contributed by atoms with van der Waals surface area (Å²) in [6.45, 7) is 3.72. The normalized spacial score (nSPS) is 11.7. The van der Waals surface area contributed by atoms with Gasteiger partial charge in [-0.15, -0.1) is 0 Å². The summed E-state index contributed by atoms with van der Waals surface area (Å²) in [4.78, 5) is 8.19. The number of ether oxygens (including phenoxy) is 1. The van der Waals surface area contributed by atoms with Crippen LogP contribution in [-0.4, -0.2) is 9.97 Å². The minimum Gasteiger partial charge on any atom is -0.437 e. The number of rotatable bonds is 2. The van der Waals surface area contributed by atoms with E-state index in [1.165, 1.54) is 12.3 Å². The third kappa shape index (κ3) is 3.10. The third-order valence-electron chi connectivity index (χ3n) is 3.64. The first kappa shape index (κ1) is 16.0. The fourth-order valence-electron chi connectivity index (χ4n) is 2.33. The Morgan fingerprint density at radius 2 is 1.67 bits per heavy atom.